The number of hydrogen-bond donors (Lipinski definition) is 0. The average Bonchev–Trinajstić information content (AvgIpc) is 3.27. The third-order valence-corrected chi connectivity index (χ3v) is 8.30. The summed E-state index contributed by atoms with van der Waals surface area (Å²) in [5, 5.41) is 4.44. The van der Waals surface area contributed by atoms with E-state index in [4.69, 9.17) is 0 Å². The summed E-state index contributed by atoms with van der Waals surface area (Å²) in [5.41, 5.74) is 3.66. The van der Waals surface area contributed by atoms with Gasteiger partial charge in [-0.2, -0.15) is 5.10 Å². The fourth-order valence-corrected chi connectivity index (χ4v) is 5.92. The second-order valence-electron chi connectivity index (χ2n) is 9.39. The molecule has 0 radical (unpaired) electrons. The quantitative estimate of drug-likeness (QED) is 0.474. The van der Waals surface area contributed by atoms with Gasteiger partial charge >= 0.3 is 0 Å². The second-order valence-corrected chi connectivity index (χ2v) is 10.5. The Hall–Kier alpha value is -2.38. The van der Waals surface area contributed by atoms with Crippen LogP contribution >= 0.6 is 11.9 Å². The van der Waals surface area contributed by atoms with E-state index in [0.717, 1.165) is 62.9 Å². The number of hydrogen-bond acceptors (Lipinski definition) is 4. The van der Waals surface area contributed by atoms with Crippen LogP contribution in [0.2, 0.25) is 0 Å². The fraction of sp³-hybridized carbons (Fsp3) is 0.462. The van der Waals surface area contributed by atoms with Gasteiger partial charge in [-0.1, -0.05) is 37.1 Å². The van der Waals surface area contributed by atoms with Gasteiger partial charge in [-0.15, -0.1) is 0 Å². The molecule has 0 unspecified atom stereocenters. The summed E-state index contributed by atoms with van der Waals surface area (Å²) in [6, 6.07) is 11.3. The molecule has 4 heterocycles. The Balaban J connectivity index is 1.23. The summed E-state index contributed by atoms with van der Waals surface area (Å²) >= 11 is 1.72. The van der Waals surface area contributed by atoms with Crippen LogP contribution in [0.4, 0.5) is 4.39 Å². The molecular formula is C26H31FN4OS. The molecule has 5 rings (SSSR count). The van der Waals surface area contributed by atoms with Crippen LogP contribution in [0.25, 0.3) is 5.52 Å². The number of rotatable bonds is 5. The lowest BCUT2D eigenvalue weighted by atomic mass is 9.90. The van der Waals surface area contributed by atoms with Crippen molar-refractivity contribution in [1.82, 2.24) is 18.8 Å². The maximum atomic E-state index is 13.9. The minimum absolute atomic E-state index is 0.105. The van der Waals surface area contributed by atoms with Crippen molar-refractivity contribution in [2.45, 2.75) is 44.3 Å². The van der Waals surface area contributed by atoms with Gasteiger partial charge in [-0.3, -0.25) is 9.10 Å². The zero-order valence-electron chi connectivity index (χ0n) is 19.1. The van der Waals surface area contributed by atoms with Crippen molar-refractivity contribution in [3.8, 4) is 0 Å². The Labute approximate surface area is 199 Å². The van der Waals surface area contributed by atoms with Crippen molar-refractivity contribution in [2.75, 3.05) is 26.2 Å². The Morgan fingerprint density at radius 3 is 2.61 bits per heavy atom. The van der Waals surface area contributed by atoms with Crippen LogP contribution < -0.4 is 0 Å². The van der Waals surface area contributed by atoms with Gasteiger partial charge in [0.2, 0.25) is 0 Å². The van der Waals surface area contributed by atoms with Crippen molar-refractivity contribution >= 4 is 23.4 Å². The summed E-state index contributed by atoms with van der Waals surface area (Å²) < 4.78 is 18.1. The van der Waals surface area contributed by atoms with E-state index in [0.29, 0.717) is 23.2 Å². The number of benzene rings is 1. The van der Waals surface area contributed by atoms with Gasteiger partial charge in [0.25, 0.3) is 5.91 Å². The lowest BCUT2D eigenvalue weighted by Crippen LogP contribution is -2.37. The van der Waals surface area contributed by atoms with E-state index in [1.54, 1.807) is 24.2 Å². The van der Waals surface area contributed by atoms with E-state index < -0.39 is 0 Å². The predicted molar refractivity (Wildman–Crippen MR) is 131 cm³/mol. The van der Waals surface area contributed by atoms with Crippen molar-refractivity contribution in [1.29, 1.82) is 0 Å². The molecule has 2 aromatic heterocycles. The summed E-state index contributed by atoms with van der Waals surface area (Å²) in [6.07, 6.45) is 7.97. The second kappa shape index (κ2) is 9.85. The number of fused-ring (bicyclic) bond motifs is 1. The van der Waals surface area contributed by atoms with Crippen LogP contribution in [0.1, 0.15) is 60.0 Å². The van der Waals surface area contributed by atoms with Crippen LogP contribution in [0.15, 0.2) is 48.8 Å². The Bertz CT molecular complexity index is 1120. The molecule has 2 fully saturated rings. The third-order valence-electron chi connectivity index (χ3n) is 7.13. The predicted octanol–water partition coefficient (Wildman–Crippen LogP) is 5.37. The summed E-state index contributed by atoms with van der Waals surface area (Å²) in [5.74, 6) is 1.81. The van der Waals surface area contributed by atoms with E-state index in [2.05, 4.69) is 28.5 Å². The van der Waals surface area contributed by atoms with Crippen LogP contribution in [-0.4, -0.2) is 50.9 Å². The van der Waals surface area contributed by atoms with Crippen molar-refractivity contribution in [2.24, 2.45) is 5.92 Å². The minimum atomic E-state index is -0.126. The number of carbonyl (C=O) groups is 1. The molecule has 5 nitrogen and oxygen atoms in total. The highest BCUT2D eigenvalue weighted by atomic mass is 32.2. The van der Waals surface area contributed by atoms with Crippen LogP contribution in [-0.2, 0) is 5.75 Å². The SMILES string of the molecule is CC1CCN(C(=O)c2cnn3ccc(C4CCN(SCc5ccccc5F)CC4)cc23)CC1. The summed E-state index contributed by atoms with van der Waals surface area (Å²) in [6.45, 7) is 5.88. The molecule has 1 aromatic carbocycles. The molecule has 2 aliphatic rings. The molecule has 2 aliphatic heterocycles. The first kappa shape index (κ1) is 22.4. The number of pyridine rings is 1. The molecule has 0 N–H and O–H groups in total. The largest absolute Gasteiger partial charge is 0.339 e. The zero-order chi connectivity index (χ0) is 22.8. The molecule has 33 heavy (non-hydrogen) atoms. The van der Waals surface area contributed by atoms with Gasteiger partial charge in [0.05, 0.1) is 17.3 Å². The molecule has 2 saturated heterocycles. The molecule has 174 valence electrons. The topological polar surface area (TPSA) is 40.9 Å². The first-order valence-electron chi connectivity index (χ1n) is 12.0. The number of nitrogens with zero attached hydrogens (tertiary/aromatic N) is 4. The smallest absolute Gasteiger partial charge is 0.257 e. The minimum Gasteiger partial charge on any atom is -0.339 e. The lowest BCUT2D eigenvalue weighted by Gasteiger charge is -2.31. The normalized spacial score (nSPS) is 18.8. The molecule has 0 saturated carbocycles. The van der Waals surface area contributed by atoms with Gasteiger partial charge in [-0.25, -0.2) is 8.91 Å². The molecule has 1 amide bonds. The Kier molecular flexibility index (Phi) is 6.69. The number of aromatic nitrogens is 2. The molecule has 0 aliphatic carbocycles. The number of halogens is 1. The monoisotopic (exact) mass is 466 g/mol. The zero-order valence-corrected chi connectivity index (χ0v) is 19.9. The Morgan fingerprint density at radius 2 is 1.85 bits per heavy atom. The van der Waals surface area contributed by atoms with Crippen LogP contribution in [0.3, 0.4) is 0 Å². The van der Waals surface area contributed by atoms with E-state index in [-0.39, 0.29) is 11.7 Å². The molecule has 7 heteroatoms. The highest BCUT2D eigenvalue weighted by Crippen LogP contribution is 2.33. The number of amides is 1. The lowest BCUT2D eigenvalue weighted by molar-refractivity contribution is 0.0699. The fourth-order valence-electron chi connectivity index (χ4n) is 4.89. The molecule has 0 spiro atoms. The highest BCUT2D eigenvalue weighted by molar-refractivity contribution is 7.96. The number of likely N-dealkylation sites (tertiary alicyclic amines) is 1. The molecule has 3 aromatic rings. The Morgan fingerprint density at radius 1 is 1.09 bits per heavy atom. The van der Waals surface area contributed by atoms with E-state index in [1.807, 2.05) is 27.7 Å². The van der Waals surface area contributed by atoms with Crippen LogP contribution in [0, 0.1) is 11.7 Å². The number of piperidine rings is 2. The number of carbonyl (C=O) groups excluding carboxylic acids is 1. The standard InChI is InChI=1S/C26H31FN4OS/c1-19-6-11-29(12-7-19)26(32)23-17-28-31-15-10-21(16-25(23)31)20-8-13-30(14-9-20)33-18-22-4-2-3-5-24(22)27/h2-5,10,15-17,19-20H,6-9,11-14,18H2,1H3. The van der Waals surface area contributed by atoms with Gasteiger partial charge in [-0.05, 0) is 66.8 Å². The maximum Gasteiger partial charge on any atom is 0.257 e. The molecule has 0 atom stereocenters. The van der Waals surface area contributed by atoms with Crippen LogP contribution in [0.5, 0.6) is 0 Å². The van der Waals surface area contributed by atoms with Gasteiger partial charge in [0.1, 0.15) is 5.82 Å². The first-order valence-corrected chi connectivity index (χ1v) is 12.9. The van der Waals surface area contributed by atoms with Gasteiger partial charge in [0, 0.05) is 38.1 Å². The average molecular weight is 467 g/mol. The van der Waals surface area contributed by atoms with Gasteiger partial charge < -0.3 is 4.90 Å². The van der Waals surface area contributed by atoms with Crippen molar-refractivity contribution in [3.63, 3.8) is 0 Å². The van der Waals surface area contributed by atoms with Crippen molar-refractivity contribution < 1.29 is 9.18 Å². The van der Waals surface area contributed by atoms with Gasteiger partial charge in [0.15, 0.2) is 0 Å². The van der Waals surface area contributed by atoms with E-state index in [9.17, 15) is 9.18 Å². The summed E-state index contributed by atoms with van der Waals surface area (Å²) in [7, 11) is 0. The van der Waals surface area contributed by atoms with E-state index >= 15 is 0 Å². The van der Waals surface area contributed by atoms with Crippen molar-refractivity contribution in [3.05, 3.63) is 71.3 Å². The van der Waals surface area contributed by atoms with E-state index in [1.165, 1.54) is 11.6 Å². The highest BCUT2D eigenvalue weighted by Gasteiger charge is 2.25. The molecule has 0 bridgehead atoms. The third kappa shape index (κ3) is 4.94. The molecular weight excluding hydrogens is 435 g/mol. The summed E-state index contributed by atoms with van der Waals surface area (Å²) in [4.78, 5) is 15.1. The first-order chi connectivity index (χ1) is 16.1. The maximum absolute atomic E-state index is 13.9.